The first-order chi connectivity index (χ1) is 7.72. The Labute approximate surface area is 95.4 Å². The van der Waals surface area contributed by atoms with E-state index in [4.69, 9.17) is 4.42 Å². The maximum atomic E-state index is 12.1. The van der Waals surface area contributed by atoms with Gasteiger partial charge in [-0.2, -0.15) is 0 Å². The topological polar surface area (TPSA) is 55.1 Å². The van der Waals surface area contributed by atoms with Gasteiger partial charge in [-0.15, -0.1) is 0 Å². The second-order valence-corrected chi connectivity index (χ2v) is 4.46. The standard InChI is InChI=1S/C12H18N2O2/c1-8-11(14-7-16-8)12(15)9-3-5-10(13-2)6-4-9/h7,9-10,13H,3-6H2,1-2H3/t9-,10+. The molecule has 1 aliphatic rings. The van der Waals surface area contributed by atoms with Crippen molar-refractivity contribution in [2.75, 3.05) is 7.05 Å². The van der Waals surface area contributed by atoms with Crippen molar-refractivity contribution in [1.29, 1.82) is 0 Å². The molecule has 1 aromatic heterocycles. The lowest BCUT2D eigenvalue weighted by Crippen LogP contribution is -2.32. The Hall–Kier alpha value is -1.16. The number of aryl methyl sites for hydroxylation is 1. The van der Waals surface area contributed by atoms with Crippen molar-refractivity contribution in [3.05, 3.63) is 17.8 Å². The summed E-state index contributed by atoms with van der Waals surface area (Å²) >= 11 is 0. The first kappa shape index (κ1) is 11.3. The average molecular weight is 222 g/mol. The zero-order chi connectivity index (χ0) is 11.5. The summed E-state index contributed by atoms with van der Waals surface area (Å²) < 4.78 is 5.07. The molecule has 88 valence electrons. The minimum Gasteiger partial charge on any atom is -0.448 e. The summed E-state index contributed by atoms with van der Waals surface area (Å²) in [7, 11) is 1.98. The van der Waals surface area contributed by atoms with E-state index in [1.807, 2.05) is 7.05 Å². The Morgan fingerprint density at radius 2 is 2.12 bits per heavy atom. The highest BCUT2D eigenvalue weighted by molar-refractivity contribution is 5.96. The van der Waals surface area contributed by atoms with Gasteiger partial charge in [-0.1, -0.05) is 0 Å². The number of ketones is 1. The SMILES string of the molecule is CN[C@H]1CC[C@@H](C(=O)c2ncoc2C)CC1. The molecule has 1 N–H and O–H groups in total. The summed E-state index contributed by atoms with van der Waals surface area (Å²) in [5, 5.41) is 3.26. The molecule has 0 atom stereocenters. The molecule has 2 rings (SSSR count). The second kappa shape index (κ2) is 4.78. The predicted molar refractivity (Wildman–Crippen MR) is 60.4 cm³/mol. The molecular weight excluding hydrogens is 204 g/mol. The molecule has 16 heavy (non-hydrogen) atoms. The summed E-state index contributed by atoms with van der Waals surface area (Å²) in [6.07, 6.45) is 5.41. The predicted octanol–water partition coefficient (Wildman–Crippen LogP) is 1.94. The summed E-state index contributed by atoms with van der Waals surface area (Å²) in [5.74, 6) is 0.926. The van der Waals surface area contributed by atoms with Gasteiger partial charge in [0.15, 0.2) is 12.2 Å². The van der Waals surface area contributed by atoms with Gasteiger partial charge in [0.1, 0.15) is 11.5 Å². The third kappa shape index (κ3) is 2.16. The van der Waals surface area contributed by atoms with Crippen LogP contribution in [-0.2, 0) is 0 Å². The Morgan fingerprint density at radius 3 is 2.62 bits per heavy atom. The van der Waals surface area contributed by atoms with Gasteiger partial charge >= 0.3 is 0 Å². The highest BCUT2D eigenvalue weighted by Crippen LogP contribution is 2.27. The third-order valence-electron chi connectivity index (χ3n) is 3.48. The zero-order valence-corrected chi connectivity index (χ0v) is 9.82. The molecule has 0 radical (unpaired) electrons. The number of nitrogens with one attached hydrogen (secondary N) is 1. The van der Waals surface area contributed by atoms with Crippen molar-refractivity contribution >= 4 is 5.78 Å². The number of hydrogen-bond donors (Lipinski definition) is 1. The monoisotopic (exact) mass is 222 g/mol. The minimum atomic E-state index is 0.133. The fraction of sp³-hybridized carbons (Fsp3) is 0.667. The second-order valence-electron chi connectivity index (χ2n) is 4.46. The van der Waals surface area contributed by atoms with Crippen LogP contribution in [0.1, 0.15) is 41.9 Å². The molecule has 4 heteroatoms. The van der Waals surface area contributed by atoms with Crippen LogP contribution in [0.15, 0.2) is 10.8 Å². The molecule has 4 nitrogen and oxygen atoms in total. The van der Waals surface area contributed by atoms with Crippen LogP contribution < -0.4 is 5.32 Å². The summed E-state index contributed by atoms with van der Waals surface area (Å²) in [5.41, 5.74) is 0.521. The Kier molecular flexibility index (Phi) is 3.39. The Bertz CT molecular complexity index is 365. The van der Waals surface area contributed by atoms with Crippen molar-refractivity contribution in [1.82, 2.24) is 10.3 Å². The van der Waals surface area contributed by atoms with E-state index in [9.17, 15) is 4.79 Å². The van der Waals surface area contributed by atoms with Crippen LogP contribution in [0, 0.1) is 12.8 Å². The lowest BCUT2D eigenvalue weighted by molar-refractivity contribution is 0.0874. The number of rotatable bonds is 3. The fourth-order valence-corrected chi connectivity index (χ4v) is 2.38. The number of nitrogens with zero attached hydrogens (tertiary/aromatic N) is 1. The van der Waals surface area contributed by atoms with Crippen LogP contribution in [0.2, 0.25) is 0 Å². The van der Waals surface area contributed by atoms with Gasteiger partial charge < -0.3 is 9.73 Å². The van der Waals surface area contributed by atoms with Gasteiger partial charge in [0.2, 0.25) is 0 Å². The van der Waals surface area contributed by atoms with E-state index < -0.39 is 0 Å². The van der Waals surface area contributed by atoms with Crippen molar-refractivity contribution in [3.8, 4) is 0 Å². The normalized spacial score (nSPS) is 25.6. The van der Waals surface area contributed by atoms with Gasteiger partial charge in [-0.25, -0.2) is 4.98 Å². The molecular formula is C12H18N2O2. The molecule has 0 bridgehead atoms. The van der Waals surface area contributed by atoms with Gasteiger partial charge in [-0.05, 0) is 39.7 Å². The van der Waals surface area contributed by atoms with Crippen molar-refractivity contribution in [2.45, 2.75) is 38.6 Å². The number of carbonyl (C=O) groups excluding carboxylic acids is 1. The average Bonchev–Trinajstić information content (AvgIpc) is 2.75. The minimum absolute atomic E-state index is 0.133. The number of aromatic nitrogens is 1. The number of Topliss-reactive ketones (excluding diaryl/α,β-unsaturated/α-hetero) is 1. The largest absolute Gasteiger partial charge is 0.448 e. The number of oxazole rings is 1. The van der Waals surface area contributed by atoms with E-state index in [-0.39, 0.29) is 11.7 Å². The van der Waals surface area contributed by atoms with Crippen LogP contribution in [-0.4, -0.2) is 23.9 Å². The van der Waals surface area contributed by atoms with Gasteiger partial charge in [-0.3, -0.25) is 4.79 Å². The Balaban J connectivity index is 2.00. The van der Waals surface area contributed by atoms with E-state index in [1.165, 1.54) is 6.39 Å². The summed E-state index contributed by atoms with van der Waals surface area (Å²) in [6, 6.07) is 0.572. The molecule has 0 aromatic carbocycles. The smallest absolute Gasteiger partial charge is 0.187 e. The van der Waals surface area contributed by atoms with E-state index in [1.54, 1.807) is 6.92 Å². The van der Waals surface area contributed by atoms with Crippen molar-refractivity contribution in [2.24, 2.45) is 5.92 Å². The van der Waals surface area contributed by atoms with Crippen molar-refractivity contribution < 1.29 is 9.21 Å². The molecule has 0 unspecified atom stereocenters. The molecule has 1 saturated carbocycles. The van der Waals surface area contributed by atoms with Crippen LogP contribution in [0.3, 0.4) is 0 Å². The highest BCUT2D eigenvalue weighted by atomic mass is 16.3. The maximum Gasteiger partial charge on any atom is 0.187 e. The highest BCUT2D eigenvalue weighted by Gasteiger charge is 2.28. The van der Waals surface area contributed by atoms with E-state index in [0.29, 0.717) is 17.5 Å². The molecule has 1 heterocycles. The molecule has 1 fully saturated rings. The van der Waals surface area contributed by atoms with Gasteiger partial charge in [0.05, 0.1) is 0 Å². The van der Waals surface area contributed by atoms with Crippen LogP contribution in [0.25, 0.3) is 0 Å². The number of hydrogen-bond acceptors (Lipinski definition) is 4. The summed E-state index contributed by atoms with van der Waals surface area (Å²) in [4.78, 5) is 16.1. The molecule has 0 amide bonds. The van der Waals surface area contributed by atoms with E-state index >= 15 is 0 Å². The Morgan fingerprint density at radius 1 is 1.44 bits per heavy atom. The van der Waals surface area contributed by atoms with Crippen LogP contribution in [0.5, 0.6) is 0 Å². The third-order valence-corrected chi connectivity index (χ3v) is 3.48. The van der Waals surface area contributed by atoms with Crippen LogP contribution >= 0.6 is 0 Å². The maximum absolute atomic E-state index is 12.1. The molecule has 1 aromatic rings. The first-order valence-corrected chi connectivity index (χ1v) is 5.84. The fourth-order valence-electron chi connectivity index (χ4n) is 2.38. The molecule has 1 aliphatic carbocycles. The van der Waals surface area contributed by atoms with Gasteiger partial charge in [0, 0.05) is 12.0 Å². The molecule has 0 aliphatic heterocycles. The van der Waals surface area contributed by atoms with Crippen molar-refractivity contribution in [3.63, 3.8) is 0 Å². The van der Waals surface area contributed by atoms with Crippen LogP contribution in [0.4, 0.5) is 0 Å². The van der Waals surface area contributed by atoms with E-state index in [2.05, 4.69) is 10.3 Å². The van der Waals surface area contributed by atoms with Gasteiger partial charge in [0.25, 0.3) is 0 Å². The lowest BCUT2D eigenvalue weighted by atomic mass is 9.82. The summed E-state index contributed by atoms with van der Waals surface area (Å²) in [6.45, 7) is 1.79. The lowest BCUT2D eigenvalue weighted by Gasteiger charge is -2.26. The first-order valence-electron chi connectivity index (χ1n) is 5.84. The number of carbonyl (C=O) groups is 1. The quantitative estimate of drug-likeness (QED) is 0.794. The molecule has 0 saturated heterocycles. The molecule has 0 spiro atoms. The van der Waals surface area contributed by atoms with E-state index in [0.717, 1.165) is 25.7 Å². The zero-order valence-electron chi connectivity index (χ0n) is 9.82.